The number of carbonyl (C=O) groups excluding carboxylic acids is 1. The van der Waals surface area contributed by atoms with Gasteiger partial charge >= 0.3 is 5.97 Å². The summed E-state index contributed by atoms with van der Waals surface area (Å²) in [7, 11) is 0. The van der Waals surface area contributed by atoms with Crippen molar-refractivity contribution < 1.29 is 19.4 Å². The Kier molecular flexibility index (Phi) is 3.17. The van der Waals surface area contributed by atoms with Gasteiger partial charge in [-0.25, -0.2) is 0 Å². The Hall–Kier alpha value is -0.130. The van der Waals surface area contributed by atoms with Gasteiger partial charge in [0.1, 0.15) is 6.10 Å². The third-order valence-corrected chi connectivity index (χ3v) is 9.61. The second-order valence-electron chi connectivity index (χ2n) is 9.64. The molecule has 4 rings (SSSR count). The van der Waals surface area contributed by atoms with Gasteiger partial charge in [0.2, 0.25) is 0 Å². The van der Waals surface area contributed by atoms with E-state index >= 15 is 0 Å². The Morgan fingerprint density at radius 2 is 1.92 bits per heavy atom. The lowest BCUT2D eigenvalue weighted by atomic mass is 9.52. The fourth-order valence-electron chi connectivity index (χ4n) is 7.58. The predicted molar refractivity (Wildman–Crippen MR) is 93.8 cm³/mol. The number of aliphatic hydroxyl groups is 1. The maximum absolute atomic E-state index is 12.7. The number of hydrogen-bond acceptors (Lipinski definition) is 4. The number of halogens is 1. The zero-order chi connectivity index (χ0) is 17.9. The first-order valence-electron chi connectivity index (χ1n) is 9.10. The number of ether oxygens (including phenoxy) is 2. The van der Waals surface area contributed by atoms with Crippen molar-refractivity contribution in [1.82, 2.24) is 0 Å². The maximum Gasteiger partial charge on any atom is 0.313 e. The molecule has 2 saturated heterocycles. The molecule has 0 aromatic carbocycles. The van der Waals surface area contributed by atoms with E-state index < -0.39 is 17.3 Å². The summed E-state index contributed by atoms with van der Waals surface area (Å²) in [6, 6.07) is 0. The van der Waals surface area contributed by atoms with Gasteiger partial charge < -0.3 is 14.6 Å². The van der Waals surface area contributed by atoms with Crippen LogP contribution in [0.25, 0.3) is 0 Å². The fraction of sp³-hybridized carbons (Fsp3) is 0.947. The van der Waals surface area contributed by atoms with Crippen LogP contribution in [0.5, 0.6) is 0 Å². The first kappa shape index (κ1) is 17.3. The van der Waals surface area contributed by atoms with Crippen molar-refractivity contribution in [3.63, 3.8) is 0 Å². The van der Waals surface area contributed by atoms with Crippen molar-refractivity contribution in [3.8, 4) is 0 Å². The van der Waals surface area contributed by atoms with E-state index in [0.29, 0.717) is 11.2 Å². The summed E-state index contributed by atoms with van der Waals surface area (Å²) in [6.45, 7) is 12.6. The van der Waals surface area contributed by atoms with Crippen LogP contribution >= 0.6 is 15.9 Å². The van der Waals surface area contributed by atoms with E-state index in [0.717, 1.165) is 12.8 Å². The number of cyclic esters (lactones) is 1. The second kappa shape index (κ2) is 4.40. The lowest BCUT2D eigenvalue weighted by Gasteiger charge is -2.52. The van der Waals surface area contributed by atoms with E-state index in [-0.39, 0.29) is 34.2 Å². The van der Waals surface area contributed by atoms with Gasteiger partial charge in [0.05, 0.1) is 28.1 Å². The fourth-order valence-corrected chi connectivity index (χ4v) is 8.04. The zero-order valence-electron chi connectivity index (χ0n) is 15.5. The van der Waals surface area contributed by atoms with Gasteiger partial charge in [-0.3, -0.25) is 4.79 Å². The third kappa shape index (κ3) is 1.42. The number of fused-ring (bicyclic) bond motifs is 1. The van der Waals surface area contributed by atoms with Gasteiger partial charge in [-0.15, -0.1) is 0 Å². The van der Waals surface area contributed by atoms with Gasteiger partial charge in [-0.05, 0) is 39.5 Å². The summed E-state index contributed by atoms with van der Waals surface area (Å²) >= 11 is 3.63. The van der Waals surface area contributed by atoms with Crippen LogP contribution < -0.4 is 0 Å². The molecule has 2 heterocycles. The van der Waals surface area contributed by atoms with Gasteiger partial charge in [0.15, 0.2) is 0 Å². The Balaban J connectivity index is 1.92. The molecule has 2 aliphatic carbocycles. The lowest BCUT2D eigenvalue weighted by molar-refractivity contribution is -0.193. The van der Waals surface area contributed by atoms with Gasteiger partial charge in [-0.1, -0.05) is 36.7 Å². The van der Waals surface area contributed by atoms with Crippen LogP contribution in [0, 0.1) is 28.1 Å². The lowest BCUT2D eigenvalue weighted by Crippen LogP contribution is -2.59. The molecule has 0 amide bonds. The Labute approximate surface area is 152 Å². The molecule has 0 radical (unpaired) electrons. The molecular formula is C19H29BrO4. The summed E-state index contributed by atoms with van der Waals surface area (Å²) in [5.41, 5.74) is -1.91. The topological polar surface area (TPSA) is 55.8 Å². The van der Waals surface area contributed by atoms with Crippen LogP contribution in [-0.2, 0) is 14.3 Å². The molecule has 4 aliphatic rings. The second-order valence-corrected chi connectivity index (χ2v) is 10.2. The van der Waals surface area contributed by atoms with E-state index in [1.807, 2.05) is 13.8 Å². The normalized spacial score (nSPS) is 58.5. The molecule has 5 heteroatoms. The molecule has 1 N–H and O–H groups in total. The number of esters is 1. The van der Waals surface area contributed by atoms with Crippen LogP contribution in [0.4, 0.5) is 0 Å². The maximum atomic E-state index is 12.7. The monoisotopic (exact) mass is 400 g/mol. The molecule has 2 saturated carbocycles. The van der Waals surface area contributed by atoms with Crippen molar-refractivity contribution in [2.24, 2.45) is 28.1 Å². The Bertz CT molecular complexity index is 618. The highest BCUT2D eigenvalue weighted by Crippen LogP contribution is 2.85. The van der Waals surface area contributed by atoms with Crippen molar-refractivity contribution in [1.29, 1.82) is 0 Å². The van der Waals surface area contributed by atoms with Crippen LogP contribution in [-0.4, -0.2) is 39.8 Å². The summed E-state index contributed by atoms with van der Waals surface area (Å²) in [5, 5.41) is 11.3. The standard InChI is InChI=1S/C19H29BrO4/c1-10(21)13-15(3,4)19(24-16(13,5)9-20)8-12-7-18(12)14(22)23-11(2)17(18,19)6/h10-13,21H,7-9H2,1-6H3/t10?,11?,12-,13?,16-,17?,18-,19?/m1/s1. The SMILES string of the molecule is CC(O)C1C(C)(C)C2(C[C@H]3C[C@]34C(=O)OC(C)C24C)O[C@]1(C)CBr. The molecule has 0 bridgehead atoms. The largest absolute Gasteiger partial charge is 0.461 e. The van der Waals surface area contributed by atoms with E-state index in [9.17, 15) is 9.90 Å². The Morgan fingerprint density at radius 3 is 2.42 bits per heavy atom. The average molecular weight is 401 g/mol. The quantitative estimate of drug-likeness (QED) is 0.570. The van der Waals surface area contributed by atoms with Crippen molar-refractivity contribution in [2.75, 3.05) is 5.33 Å². The van der Waals surface area contributed by atoms with Gasteiger partial charge in [0, 0.05) is 16.7 Å². The number of carbonyl (C=O) groups is 1. The van der Waals surface area contributed by atoms with Crippen molar-refractivity contribution in [2.45, 2.75) is 77.8 Å². The van der Waals surface area contributed by atoms with Gasteiger partial charge in [0.25, 0.3) is 0 Å². The molecule has 24 heavy (non-hydrogen) atoms. The third-order valence-electron chi connectivity index (χ3n) is 8.50. The molecule has 4 fully saturated rings. The van der Waals surface area contributed by atoms with E-state index in [4.69, 9.17) is 9.47 Å². The number of alkyl halides is 1. The first-order chi connectivity index (χ1) is 10.9. The molecule has 0 aromatic rings. The number of aliphatic hydroxyl groups excluding tert-OH is 1. The van der Waals surface area contributed by atoms with Crippen LogP contribution in [0.1, 0.15) is 54.4 Å². The zero-order valence-corrected chi connectivity index (χ0v) is 17.1. The Morgan fingerprint density at radius 1 is 1.29 bits per heavy atom. The molecule has 0 aromatic heterocycles. The molecular weight excluding hydrogens is 372 g/mol. The smallest absolute Gasteiger partial charge is 0.313 e. The van der Waals surface area contributed by atoms with E-state index in [1.165, 1.54) is 0 Å². The minimum atomic E-state index is -0.480. The average Bonchev–Trinajstić information content (AvgIpc) is 3.03. The molecule has 8 atom stereocenters. The molecule has 4 nitrogen and oxygen atoms in total. The van der Waals surface area contributed by atoms with Crippen LogP contribution in [0.3, 0.4) is 0 Å². The number of hydrogen-bond donors (Lipinski definition) is 1. The van der Waals surface area contributed by atoms with Gasteiger partial charge in [-0.2, -0.15) is 0 Å². The summed E-state index contributed by atoms with van der Waals surface area (Å²) in [5.74, 6) is 0.310. The predicted octanol–water partition coefficient (Wildman–Crippen LogP) is 3.29. The van der Waals surface area contributed by atoms with E-state index in [2.05, 4.69) is 43.6 Å². The molecule has 136 valence electrons. The van der Waals surface area contributed by atoms with Crippen LogP contribution in [0.2, 0.25) is 0 Å². The summed E-state index contributed by atoms with van der Waals surface area (Å²) in [4.78, 5) is 12.7. The molecule has 2 spiro atoms. The van der Waals surface area contributed by atoms with Crippen LogP contribution in [0.15, 0.2) is 0 Å². The minimum Gasteiger partial charge on any atom is -0.461 e. The molecule has 2 aliphatic heterocycles. The van der Waals surface area contributed by atoms with E-state index in [1.54, 1.807) is 0 Å². The summed E-state index contributed by atoms with van der Waals surface area (Å²) in [6.07, 6.45) is 1.18. The highest BCUT2D eigenvalue weighted by atomic mass is 79.9. The van der Waals surface area contributed by atoms with Crippen molar-refractivity contribution >= 4 is 21.9 Å². The highest BCUT2D eigenvalue weighted by molar-refractivity contribution is 9.09. The first-order valence-corrected chi connectivity index (χ1v) is 10.2. The molecule has 5 unspecified atom stereocenters. The summed E-state index contributed by atoms with van der Waals surface area (Å²) < 4.78 is 12.7. The van der Waals surface area contributed by atoms with Crippen molar-refractivity contribution in [3.05, 3.63) is 0 Å². The number of rotatable bonds is 2. The minimum absolute atomic E-state index is 0.0151. The highest BCUT2D eigenvalue weighted by Gasteiger charge is 2.91.